The fourth-order valence-electron chi connectivity index (χ4n) is 1.65. The number of rotatable bonds is 6. The van der Waals surface area contributed by atoms with E-state index in [0.29, 0.717) is 0 Å². The molecule has 0 N–H and O–H groups in total. The van der Waals surface area contributed by atoms with E-state index in [4.69, 9.17) is 0 Å². The normalized spacial score (nSPS) is 13.1. The molecule has 2 heteroatoms. The summed E-state index contributed by atoms with van der Waals surface area (Å²) in [5.41, 5.74) is 3.85. The first kappa shape index (κ1) is 15.6. The van der Waals surface area contributed by atoms with E-state index >= 15 is 0 Å². The van der Waals surface area contributed by atoms with E-state index < -0.39 is 0 Å². The Balaban J connectivity index is 3.21. The Hall–Kier alpha value is -2.48. The van der Waals surface area contributed by atoms with E-state index in [1.165, 1.54) is 0 Å². The largest absolute Gasteiger partial charge is 0.158 e. The molecule has 0 atom stereocenters. The van der Waals surface area contributed by atoms with Gasteiger partial charge in [0.25, 0.3) is 0 Å². The summed E-state index contributed by atoms with van der Waals surface area (Å²) in [4.78, 5) is 0. The molecule has 0 saturated carbocycles. The third-order valence-electron chi connectivity index (χ3n) is 2.69. The molecule has 0 unspecified atom stereocenters. The maximum Gasteiger partial charge on any atom is 0.0932 e. The van der Waals surface area contributed by atoms with E-state index in [-0.39, 0.29) is 0 Å². The highest BCUT2D eigenvalue weighted by atomic mass is 15.1. The molecule has 1 aromatic heterocycles. The van der Waals surface area contributed by atoms with Crippen molar-refractivity contribution < 1.29 is 0 Å². The maximum atomic E-state index is 4.18. The van der Waals surface area contributed by atoms with Gasteiger partial charge < -0.3 is 0 Å². The molecule has 2 nitrogen and oxygen atoms in total. The molecular weight excluding hydrogens is 244 g/mol. The molecule has 1 heterocycles. The molecule has 20 heavy (non-hydrogen) atoms. The average molecular weight is 264 g/mol. The van der Waals surface area contributed by atoms with Gasteiger partial charge >= 0.3 is 0 Å². The average Bonchev–Trinajstić information content (AvgIpc) is 2.49. The Morgan fingerprint density at radius 1 is 1.15 bits per heavy atom. The van der Waals surface area contributed by atoms with Gasteiger partial charge in [-0.25, -0.2) is 0 Å². The summed E-state index contributed by atoms with van der Waals surface area (Å²) in [6.45, 7) is 11.5. The van der Waals surface area contributed by atoms with Gasteiger partial charge in [0.15, 0.2) is 0 Å². The lowest BCUT2D eigenvalue weighted by Gasteiger charge is -2.04. The first-order valence-electron chi connectivity index (χ1n) is 6.51. The summed E-state index contributed by atoms with van der Waals surface area (Å²) in [5, 5.41) is 8.25. The zero-order valence-corrected chi connectivity index (χ0v) is 12.1. The van der Waals surface area contributed by atoms with Gasteiger partial charge in [-0.3, -0.25) is 0 Å². The standard InChI is InChI=1S/C18H20N2/c1-5-9-11-15(7-3)17-13-18(20-19-14-17)16(8-4)12-10-6-2/h5-14H,2-3H2,1,4H3/b9-5-,12-10-,15-11+,16-8+. The van der Waals surface area contributed by atoms with E-state index in [1.54, 1.807) is 12.3 Å². The monoisotopic (exact) mass is 264 g/mol. The topological polar surface area (TPSA) is 25.8 Å². The molecule has 0 amide bonds. The van der Waals surface area contributed by atoms with E-state index in [9.17, 15) is 0 Å². The van der Waals surface area contributed by atoms with Crippen LogP contribution in [0.4, 0.5) is 0 Å². The summed E-state index contributed by atoms with van der Waals surface area (Å²) in [5.74, 6) is 0. The van der Waals surface area contributed by atoms with Crippen LogP contribution in [-0.4, -0.2) is 10.2 Å². The second-order valence-corrected chi connectivity index (χ2v) is 4.02. The second-order valence-electron chi connectivity index (χ2n) is 4.02. The van der Waals surface area contributed by atoms with Crippen LogP contribution in [0.5, 0.6) is 0 Å². The molecule has 0 saturated heterocycles. The van der Waals surface area contributed by atoms with Gasteiger partial charge in [-0.2, -0.15) is 10.2 Å². The second kappa shape index (κ2) is 8.59. The van der Waals surface area contributed by atoms with Gasteiger partial charge in [0, 0.05) is 5.56 Å². The Kier molecular flexibility index (Phi) is 6.69. The minimum atomic E-state index is 0.830. The van der Waals surface area contributed by atoms with Crippen molar-refractivity contribution in [3.63, 3.8) is 0 Å². The van der Waals surface area contributed by atoms with E-state index in [2.05, 4.69) is 23.4 Å². The molecule has 1 aromatic rings. The van der Waals surface area contributed by atoms with Crippen LogP contribution in [0.1, 0.15) is 25.1 Å². The maximum absolute atomic E-state index is 4.18. The van der Waals surface area contributed by atoms with Crippen molar-refractivity contribution in [1.82, 2.24) is 10.2 Å². The summed E-state index contributed by atoms with van der Waals surface area (Å²) < 4.78 is 0. The van der Waals surface area contributed by atoms with Gasteiger partial charge in [-0.15, -0.1) is 0 Å². The van der Waals surface area contributed by atoms with Crippen LogP contribution in [-0.2, 0) is 0 Å². The summed E-state index contributed by atoms with van der Waals surface area (Å²) >= 11 is 0. The Bertz CT molecular complexity index is 587. The molecule has 0 spiro atoms. The molecule has 0 aliphatic carbocycles. The highest BCUT2D eigenvalue weighted by Gasteiger charge is 2.03. The van der Waals surface area contributed by atoms with Gasteiger partial charge in [0.2, 0.25) is 0 Å². The highest BCUT2D eigenvalue weighted by molar-refractivity contribution is 5.78. The molecule has 0 bridgehead atoms. The predicted molar refractivity (Wildman–Crippen MR) is 88.0 cm³/mol. The van der Waals surface area contributed by atoms with Crippen molar-refractivity contribution >= 4 is 11.1 Å². The van der Waals surface area contributed by atoms with Crippen molar-refractivity contribution in [2.75, 3.05) is 0 Å². The van der Waals surface area contributed by atoms with Crippen LogP contribution >= 0.6 is 0 Å². The van der Waals surface area contributed by atoms with Crippen LogP contribution in [0, 0.1) is 0 Å². The lowest BCUT2D eigenvalue weighted by Crippen LogP contribution is -1.93. The molecule has 0 aromatic carbocycles. The summed E-state index contributed by atoms with van der Waals surface area (Å²) in [6.07, 6.45) is 17.1. The number of aromatic nitrogens is 2. The van der Waals surface area contributed by atoms with Crippen molar-refractivity contribution in [1.29, 1.82) is 0 Å². The molecule has 102 valence electrons. The van der Waals surface area contributed by atoms with Gasteiger partial charge in [0.05, 0.1) is 11.9 Å². The Morgan fingerprint density at radius 3 is 2.55 bits per heavy atom. The fourth-order valence-corrected chi connectivity index (χ4v) is 1.65. The van der Waals surface area contributed by atoms with Crippen molar-refractivity contribution in [2.24, 2.45) is 0 Å². The van der Waals surface area contributed by atoms with Crippen LogP contribution in [0.2, 0.25) is 0 Å². The molecule has 0 aliphatic rings. The molecule has 0 aliphatic heterocycles. The number of nitrogens with zero attached hydrogens (tertiary/aromatic N) is 2. The highest BCUT2D eigenvalue weighted by Crippen LogP contribution is 2.19. The third-order valence-corrected chi connectivity index (χ3v) is 2.69. The van der Waals surface area contributed by atoms with Crippen LogP contribution in [0.3, 0.4) is 0 Å². The zero-order valence-electron chi connectivity index (χ0n) is 12.1. The van der Waals surface area contributed by atoms with Crippen molar-refractivity contribution in [3.05, 3.63) is 85.3 Å². The van der Waals surface area contributed by atoms with Crippen LogP contribution in [0.25, 0.3) is 11.1 Å². The molecule has 1 rings (SSSR count). The lowest BCUT2D eigenvalue weighted by molar-refractivity contribution is 1.01. The predicted octanol–water partition coefficient (Wildman–Crippen LogP) is 4.77. The van der Waals surface area contributed by atoms with Crippen molar-refractivity contribution in [3.8, 4) is 0 Å². The van der Waals surface area contributed by atoms with E-state index in [0.717, 1.165) is 22.4 Å². The SMILES string of the molecule is C=C/C=C\C(=C/C)c1cc(/C(C=C)=C/C=C\C)cnn1. The minimum Gasteiger partial charge on any atom is -0.158 e. The van der Waals surface area contributed by atoms with Crippen LogP contribution in [0.15, 0.2) is 74.0 Å². The zero-order chi connectivity index (χ0) is 14.8. The quantitative estimate of drug-likeness (QED) is 0.692. The first-order valence-corrected chi connectivity index (χ1v) is 6.51. The summed E-state index contributed by atoms with van der Waals surface area (Å²) in [7, 11) is 0. The third kappa shape index (κ3) is 4.32. The van der Waals surface area contributed by atoms with E-state index in [1.807, 2.05) is 62.4 Å². The van der Waals surface area contributed by atoms with Crippen molar-refractivity contribution in [2.45, 2.75) is 13.8 Å². The van der Waals surface area contributed by atoms with Crippen LogP contribution < -0.4 is 0 Å². The van der Waals surface area contributed by atoms with Gasteiger partial charge in [-0.05, 0) is 31.1 Å². The number of hydrogen-bond donors (Lipinski definition) is 0. The number of allylic oxidation sites excluding steroid dienone is 10. The molecule has 0 radical (unpaired) electrons. The molecule has 0 fully saturated rings. The smallest absolute Gasteiger partial charge is 0.0932 e. The lowest BCUT2D eigenvalue weighted by atomic mass is 10.0. The first-order chi connectivity index (χ1) is 9.76. The Morgan fingerprint density at radius 2 is 1.95 bits per heavy atom. The fraction of sp³-hybridized carbons (Fsp3) is 0.111. The summed E-state index contributed by atoms with van der Waals surface area (Å²) in [6, 6.07) is 2.01. The van der Waals surface area contributed by atoms with Gasteiger partial charge in [0.1, 0.15) is 0 Å². The minimum absolute atomic E-state index is 0.830. The molecular formula is C18H20N2. The number of hydrogen-bond acceptors (Lipinski definition) is 2. The van der Waals surface area contributed by atoms with Gasteiger partial charge in [-0.1, -0.05) is 61.8 Å². The Labute approximate surface area is 121 Å².